The van der Waals surface area contributed by atoms with Gasteiger partial charge in [0.05, 0.1) is 6.04 Å². The van der Waals surface area contributed by atoms with Crippen molar-refractivity contribution in [3.05, 3.63) is 30.1 Å². The normalized spacial score (nSPS) is 17.6. The number of nitrogens with one attached hydrogen (secondary N) is 1. The smallest absolute Gasteiger partial charge is 0.237 e. The highest BCUT2D eigenvalue weighted by Gasteiger charge is 2.25. The number of benzene rings is 1. The van der Waals surface area contributed by atoms with Crippen molar-refractivity contribution in [1.82, 2.24) is 10.2 Å². The summed E-state index contributed by atoms with van der Waals surface area (Å²) in [4.78, 5) is 16.4. The molecule has 0 aliphatic carbocycles. The van der Waals surface area contributed by atoms with Crippen LogP contribution in [-0.4, -0.2) is 49.6 Å². The number of carbonyl (C=O) groups is 1. The molecule has 1 saturated heterocycles. The largest absolute Gasteiger partial charge is 0.369 e. The highest BCUT2D eigenvalue weighted by Crippen LogP contribution is 2.17. The van der Waals surface area contributed by atoms with Crippen LogP contribution in [0.25, 0.3) is 0 Å². The predicted molar refractivity (Wildman–Crippen MR) is 82.9 cm³/mol. The average molecular weight is 293 g/mol. The Kier molecular flexibility index (Phi) is 5.56. The Morgan fingerprint density at radius 1 is 1.24 bits per heavy atom. The first kappa shape index (κ1) is 15.8. The summed E-state index contributed by atoms with van der Waals surface area (Å²) in [7, 11) is 0. The van der Waals surface area contributed by atoms with Gasteiger partial charge in [-0.2, -0.15) is 0 Å². The van der Waals surface area contributed by atoms with Crippen LogP contribution in [0.15, 0.2) is 24.3 Å². The fourth-order valence-electron chi connectivity index (χ4n) is 2.58. The molecule has 1 aromatic rings. The molecule has 1 aromatic carbocycles. The Morgan fingerprint density at radius 2 is 1.86 bits per heavy atom. The van der Waals surface area contributed by atoms with Crippen molar-refractivity contribution in [2.75, 3.05) is 37.6 Å². The molecule has 4 nitrogen and oxygen atoms in total. The van der Waals surface area contributed by atoms with Crippen LogP contribution in [0.5, 0.6) is 0 Å². The lowest BCUT2D eigenvalue weighted by atomic mass is 10.2. The Bertz CT molecular complexity index is 455. The number of nitrogens with zero attached hydrogens (tertiary/aromatic N) is 2. The van der Waals surface area contributed by atoms with E-state index >= 15 is 0 Å². The number of rotatable bonds is 5. The molecule has 116 valence electrons. The third-order valence-electron chi connectivity index (χ3n) is 3.98. The first-order chi connectivity index (χ1) is 10.1. The molecule has 1 atom stereocenters. The van der Waals surface area contributed by atoms with Crippen LogP contribution in [-0.2, 0) is 4.79 Å². The number of piperazine rings is 1. The molecule has 0 radical (unpaired) electrons. The van der Waals surface area contributed by atoms with Crippen molar-refractivity contribution in [2.24, 2.45) is 0 Å². The molecular weight excluding hydrogens is 269 g/mol. The molecule has 0 spiro atoms. The van der Waals surface area contributed by atoms with Crippen LogP contribution in [0.4, 0.5) is 10.1 Å². The maximum atomic E-state index is 12.9. The van der Waals surface area contributed by atoms with E-state index in [-0.39, 0.29) is 17.8 Å². The first-order valence-electron chi connectivity index (χ1n) is 7.64. The highest BCUT2D eigenvalue weighted by molar-refractivity contribution is 5.81. The fraction of sp³-hybridized carbons (Fsp3) is 0.562. The van der Waals surface area contributed by atoms with Crippen LogP contribution in [0.3, 0.4) is 0 Å². The van der Waals surface area contributed by atoms with Crippen molar-refractivity contribution in [1.29, 1.82) is 0 Å². The number of amides is 1. The summed E-state index contributed by atoms with van der Waals surface area (Å²) < 4.78 is 12.9. The van der Waals surface area contributed by atoms with E-state index in [0.717, 1.165) is 44.8 Å². The van der Waals surface area contributed by atoms with Gasteiger partial charge in [0.2, 0.25) is 5.91 Å². The molecule has 0 aromatic heterocycles. The minimum Gasteiger partial charge on any atom is -0.369 e. The zero-order valence-electron chi connectivity index (χ0n) is 12.8. The zero-order chi connectivity index (χ0) is 15.2. The Hall–Kier alpha value is -1.62. The summed E-state index contributed by atoms with van der Waals surface area (Å²) in [6, 6.07) is 6.50. The molecule has 1 fully saturated rings. The number of hydrogen-bond donors (Lipinski definition) is 1. The van der Waals surface area contributed by atoms with Crippen LogP contribution in [0, 0.1) is 5.82 Å². The van der Waals surface area contributed by atoms with Gasteiger partial charge in [0.25, 0.3) is 0 Å². The molecule has 21 heavy (non-hydrogen) atoms. The van der Waals surface area contributed by atoms with E-state index in [4.69, 9.17) is 0 Å². The Balaban J connectivity index is 1.85. The zero-order valence-corrected chi connectivity index (χ0v) is 12.8. The maximum Gasteiger partial charge on any atom is 0.237 e. The standard InChI is InChI=1S/C16H24FN3O/c1-3-8-18-16(21)13(2)19-9-11-20(12-10-19)15-6-4-14(17)5-7-15/h4-7,13H,3,8-12H2,1-2H3,(H,18,21). The first-order valence-corrected chi connectivity index (χ1v) is 7.64. The molecule has 1 N–H and O–H groups in total. The van der Waals surface area contributed by atoms with E-state index in [0.29, 0.717) is 0 Å². The van der Waals surface area contributed by atoms with Crippen molar-refractivity contribution in [3.63, 3.8) is 0 Å². The number of halogens is 1. The van der Waals surface area contributed by atoms with Crippen molar-refractivity contribution >= 4 is 11.6 Å². The van der Waals surface area contributed by atoms with Crippen LogP contribution in [0.2, 0.25) is 0 Å². The monoisotopic (exact) mass is 293 g/mol. The van der Waals surface area contributed by atoms with Gasteiger partial charge in [0.15, 0.2) is 0 Å². The molecule has 1 amide bonds. The lowest BCUT2D eigenvalue weighted by Gasteiger charge is -2.38. The quantitative estimate of drug-likeness (QED) is 0.900. The molecule has 1 aliphatic rings. The number of carbonyl (C=O) groups excluding carboxylic acids is 1. The van der Waals surface area contributed by atoms with Crippen LogP contribution < -0.4 is 10.2 Å². The van der Waals surface area contributed by atoms with Gasteiger partial charge in [0, 0.05) is 38.4 Å². The maximum absolute atomic E-state index is 12.9. The molecule has 0 bridgehead atoms. The minimum atomic E-state index is -0.210. The SMILES string of the molecule is CCCNC(=O)C(C)N1CCN(c2ccc(F)cc2)CC1. The van der Waals surface area contributed by atoms with Gasteiger partial charge in [-0.25, -0.2) is 4.39 Å². The van der Waals surface area contributed by atoms with Gasteiger partial charge in [-0.1, -0.05) is 6.92 Å². The summed E-state index contributed by atoms with van der Waals surface area (Å²) in [5.74, 6) is -0.106. The average Bonchev–Trinajstić information content (AvgIpc) is 2.53. The van der Waals surface area contributed by atoms with E-state index in [1.54, 1.807) is 0 Å². The van der Waals surface area contributed by atoms with Crippen LogP contribution in [0.1, 0.15) is 20.3 Å². The van der Waals surface area contributed by atoms with Crippen molar-refractivity contribution < 1.29 is 9.18 Å². The van der Waals surface area contributed by atoms with E-state index in [1.165, 1.54) is 12.1 Å². The van der Waals surface area contributed by atoms with Gasteiger partial charge >= 0.3 is 0 Å². The van der Waals surface area contributed by atoms with E-state index < -0.39 is 0 Å². The Morgan fingerprint density at radius 3 is 2.43 bits per heavy atom. The molecule has 0 saturated carbocycles. The van der Waals surface area contributed by atoms with Crippen molar-refractivity contribution in [3.8, 4) is 0 Å². The van der Waals surface area contributed by atoms with Gasteiger partial charge in [-0.3, -0.25) is 9.69 Å². The number of anilines is 1. The molecule has 5 heteroatoms. The highest BCUT2D eigenvalue weighted by atomic mass is 19.1. The van der Waals surface area contributed by atoms with Crippen LogP contribution >= 0.6 is 0 Å². The second-order valence-corrected chi connectivity index (χ2v) is 5.47. The van der Waals surface area contributed by atoms with Gasteiger partial charge in [-0.05, 0) is 37.6 Å². The Labute approximate surface area is 125 Å². The summed E-state index contributed by atoms with van der Waals surface area (Å²) in [5, 5.41) is 2.94. The van der Waals surface area contributed by atoms with Crippen molar-refractivity contribution in [2.45, 2.75) is 26.3 Å². The van der Waals surface area contributed by atoms with Gasteiger partial charge in [-0.15, -0.1) is 0 Å². The predicted octanol–water partition coefficient (Wildman–Crippen LogP) is 1.86. The summed E-state index contributed by atoms with van der Waals surface area (Å²) in [5.41, 5.74) is 1.04. The molecule has 2 rings (SSSR count). The van der Waals surface area contributed by atoms with Gasteiger partial charge in [0.1, 0.15) is 5.82 Å². The summed E-state index contributed by atoms with van der Waals surface area (Å²) in [6.07, 6.45) is 0.955. The molecule has 1 unspecified atom stereocenters. The van der Waals surface area contributed by atoms with E-state index in [9.17, 15) is 9.18 Å². The van der Waals surface area contributed by atoms with E-state index in [2.05, 4.69) is 15.1 Å². The summed E-state index contributed by atoms with van der Waals surface area (Å²) in [6.45, 7) is 8.15. The number of hydrogen-bond acceptors (Lipinski definition) is 3. The molecular formula is C16H24FN3O. The minimum absolute atomic E-state index is 0.0908. The third-order valence-corrected chi connectivity index (χ3v) is 3.98. The summed E-state index contributed by atoms with van der Waals surface area (Å²) >= 11 is 0. The van der Waals surface area contributed by atoms with Gasteiger partial charge < -0.3 is 10.2 Å². The second kappa shape index (κ2) is 7.41. The molecule has 1 aliphatic heterocycles. The topological polar surface area (TPSA) is 35.6 Å². The fourth-order valence-corrected chi connectivity index (χ4v) is 2.58. The van der Waals surface area contributed by atoms with E-state index in [1.807, 2.05) is 26.0 Å². The third kappa shape index (κ3) is 4.17. The lowest BCUT2D eigenvalue weighted by molar-refractivity contribution is -0.126. The second-order valence-electron chi connectivity index (χ2n) is 5.47. The molecule has 1 heterocycles. The lowest BCUT2D eigenvalue weighted by Crippen LogP contribution is -2.54.